The Labute approximate surface area is 168 Å². The van der Waals surface area contributed by atoms with Crippen molar-refractivity contribution >= 4 is 28.3 Å². The van der Waals surface area contributed by atoms with Gasteiger partial charge in [0.05, 0.1) is 10.5 Å². The van der Waals surface area contributed by atoms with Crippen molar-refractivity contribution in [2.75, 3.05) is 18.0 Å². The minimum Gasteiger partial charge on any atom is -0.356 e. The molecule has 1 saturated heterocycles. The standard InChI is InChI=1S/C22H20ClN5/c1-15-7-2-3-8-16(15)17-13-18-20(14-19(17)23)25-22(28-12-6-9-24-28)26-21(18)27-10-4-5-11-27/h2-3,6-9,12-14H,4-5,10-11H2,1H3. The van der Waals surface area contributed by atoms with Crippen molar-refractivity contribution in [1.82, 2.24) is 19.7 Å². The van der Waals surface area contributed by atoms with E-state index in [0.717, 1.165) is 40.9 Å². The third-order valence-corrected chi connectivity index (χ3v) is 5.62. The minimum absolute atomic E-state index is 0.569. The van der Waals surface area contributed by atoms with E-state index in [-0.39, 0.29) is 0 Å². The molecular formula is C22H20ClN5. The number of rotatable bonds is 3. The molecule has 1 aliphatic rings. The maximum Gasteiger partial charge on any atom is 0.253 e. The van der Waals surface area contributed by atoms with E-state index in [1.165, 1.54) is 18.4 Å². The van der Waals surface area contributed by atoms with E-state index >= 15 is 0 Å². The summed E-state index contributed by atoms with van der Waals surface area (Å²) in [6.45, 7) is 4.12. The lowest BCUT2D eigenvalue weighted by atomic mass is 9.99. The van der Waals surface area contributed by atoms with Crippen LogP contribution in [-0.4, -0.2) is 32.8 Å². The predicted octanol–water partition coefficient (Wildman–Crippen LogP) is 5.04. The fourth-order valence-corrected chi connectivity index (χ4v) is 4.12. The topological polar surface area (TPSA) is 46.8 Å². The minimum atomic E-state index is 0.569. The van der Waals surface area contributed by atoms with Gasteiger partial charge in [-0.2, -0.15) is 10.1 Å². The second-order valence-electron chi connectivity index (χ2n) is 7.16. The summed E-state index contributed by atoms with van der Waals surface area (Å²) in [5, 5.41) is 6.02. The molecule has 140 valence electrons. The van der Waals surface area contributed by atoms with E-state index < -0.39 is 0 Å². The molecule has 0 N–H and O–H groups in total. The first kappa shape index (κ1) is 17.2. The van der Waals surface area contributed by atoms with Crippen LogP contribution in [0.4, 0.5) is 5.82 Å². The van der Waals surface area contributed by atoms with E-state index in [2.05, 4.69) is 35.1 Å². The molecule has 0 atom stereocenters. The Morgan fingerprint density at radius 3 is 2.54 bits per heavy atom. The fourth-order valence-electron chi connectivity index (χ4n) is 3.86. The molecule has 4 aromatic rings. The Balaban J connectivity index is 1.77. The average molecular weight is 390 g/mol. The fraction of sp³-hybridized carbons (Fsp3) is 0.227. The SMILES string of the molecule is Cc1ccccc1-c1cc2c(N3CCCC3)nc(-n3cccn3)nc2cc1Cl. The Bertz CT molecular complexity index is 1150. The van der Waals surface area contributed by atoms with E-state index in [0.29, 0.717) is 11.0 Å². The number of hydrogen-bond donors (Lipinski definition) is 0. The van der Waals surface area contributed by atoms with Gasteiger partial charge in [-0.05, 0) is 49.1 Å². The van der Waals surface area contributed by atoms with E-state index in [9.17, 15) is 0 Å². The number of hydrogen-bond acceptors (Lipinski definition) is 4. The van der Waals surface area contributed by atoms with Crippen molar-refractivity contribution in [2.24, 2.45) is 0 Å². The zero-order valence-corrected chi connectivity index (χ0v) is 16.4. The monoisotopic (exact) mass is 389 g/mol. The molecule has 28 heavy (non-hydrogen) atoms. The molecule has 0 radical (unpaired) electrons. The molecule has 6 heteroatoms. The number of halogens is 1. The van der Waals surface area contributed by atoms with Crippen LogP contribution in [0.25, 0.3) is 28.0 Å². The Morgan fingerprint density at radius 2 is 1.79 bits per heavy atom. The molecule has 0 spiro atoms. The predicted molar refractivity (Wildman–Crippen MR) is 113 cm³/mol. The maximum atomic E-state index is 6.70. The van der Waals surface area contributed by atoms with Gasteiger partial charge < -0.3 is 4.90 Å². The highest BCUT2D eigenvalue weighted by molar-refractivity contribution is 6.34. The van der Waals surface area contributed by atoms with Crippen LogP contribution in [0.1, 0.15) is 18.4 Å². The molecule has 1 fully saturated rings. The van der Waals surface area contributed by atoms with Crippen LogP contribution in [0.15, 0.2) is 54.9 Å². The van der Waals surface area contributed by atoms with Crippen molar-refractivity contribution in [3.8, 4) is 17.1 Å². The zero-order chi connectivity index (χ0) is 19.1. The Morgan fingerprint density at radius 1 is 0.964 bits per heavy atom. The summed E-state index contributed by atoms with van der Waals surface area (Å²) in [7, 11) is 0. The Hall–Kier alpha value is -2.92. The highest BCUT2D eigenvalue weighted by Crippen LogP contribution is 2.37. The number of anilines is 1. The second kappa shape index (κ2) is 6.91. The average Bonchev–Trinajstić information content (AvgIpc) is 3.41. The van der Waals surface area contributed by atoms with Gasteiger partial charge in [-0.15, -0.1) is 0 Å². The molecule has 0 aliphatic carbocycles. The van der Waals surface area contributed by atoms with Crippen molar-refractivity contribution in [1.29, 1.82) is 0 Å². The van der Waals surface area contributed by atoms with Crippen molar-refractivity contribution in [2.45, 2.75) is 19.8 Å². The number of aromatic nitrogens is 4. The normalized spacial score (nSPS) is 14.1. The summed E-state index contributed by atoms with van der Waals surface area (Å²) in [6, 6.07) is 14.3. The summed E-state index contributed by atoms with van der Waals surface area (Å²) in [4.78, 5) is 12.0. The number of nitrogens with zero attached hydrogens (tertiary/aromatic N) is 5. The van der Waals surface area contributed by atoms with Crippen molar-refractivity contribution in [3.05, 3.63) is 65.4 Å². The van der Waals surface area contributed by atoms with Crippen LogP contribution in [0, 0.1) is 6.92 Å². The summed E-state index contributed by atoms with van der Waals surface area (Å²) < 4.78 is 1.70. The molecule has 3 heterocycles. The van der Waals surface area contributed by atoms with Crippen LogP contribution < -0.4 is 4.90 Å². The second-order valence-corrected chi connectivity index (χ2v) is 7.56. The van der Waals surface area contributed by atoms with Crippen molar-refractivity contribution in [3.63, 3.8) is 0 Å². The summed E-state index contributed by atoms with van der Waals surface area (Å²) in [5.74, 6) is 1.53. The lowest BCUT2D eigenvalue weighted by Crippen LogP contribution is -2.20. The molecule has 0 bridgehead atoms. The molecule has 5 rings (SSSR count). The van der Waals surface area contributed by atoms with Crippen LogP contribution in [0.2, 0.25) is 5.02 Å². The van der Waals surface area contributed by atoms with Gasteiger partial charge in [0.1, 0.15) is 5.82 Å². The van der Waals surface area contributed by atoms with Gasteiger partial charge in [-0.25, -0.2) is 9.67 Å². The molecular weight excluding hydrogens is 370 g/mol. The van der Waals surface area contributed by atoms with Crippen LogP contribution >= 0.6 is 11.6 Å². The maximum absolute atomic E-state index is 6.70. The molecule has 2 aromatic heterocycles. The smallest absolute Gasteiger partial charge is 0.253 e. The van der Waals surface area contributed by atoms with Gasteiger partial charge in [-0.3, -0.25) is 0 Å². The van der Waals surface area contributed by atoms with Gasteiger partial charge in [0, 0.05) is 36.4 Å². The largest absolute Gasteiger partial charge is 0.356 e. The van der Waals surface area contributed by atoms with Crippen LogP contribution in [0.5, 0.6) is 0 Å². The lowest BCUT2D eigenvalue weighted by Gasteiger charge is -2.20. The lowest BCUT2D eigenvalue weighted by molar-refractivity contribution is 0.806. The first-order valence-corrected chi connectivity index (χ1v) is 9.91. The number of benzene rings is 2. The van der Waals surface area contributed by atoms with Gasteiger partial charge in [-0.1, -0.05) is 35.9 Å². The highest BCUT2D eigenvalue weighted by Gasteiger charge is 2.20. The summed E-state index contributed by atoms with van der Waals surface area (Å²) in [5.41, 5.74) is 4.19. The Kier molecular flexibility index (Phi) is 4.24. The van der Waals surface area contributed by atoms with Crippen LogP contribution in [-0.2, 0) is 0 Å². The first-order valence-electron chi connectivity index (χ1n) is 9.53. The van der Waals surface area contributed by atoms with Crippen molar-refractivity contribution < 1.29 is 0 Å². The van der Waals surface area contributed by atoms with E-state index in [1.54, 1.807) is 10.9 Å². The molecule has 0 amide bonds. The van der Waals surface area contributed by atoms with E-state index in [1.807, 2.05) is 30.5 Å². The number of fused-ring (bicyclic) bond motifs is 1. The molecule has 1 aliphatic heterocycles. The highest BCUT2D eigenvalue weighted by atomic mass is 35.5. The zero-order valence-electron chi connectivity index (χ0n) is 15.6. The van der Waals surface area contributed by atoms with Gasteiger partial charge in [0.25, 0.3) is 5.95 Å². The third-order valence-electron chi connectivity index (χ3n) is 5.30. The third kappa shape index (κ3) is 2.92. The molecule has 2 aromatic carbocycles. The number of aryl methyl sites for hydroxylation is 1. The first-order chi connectivity index (χ1) is 13.7. The van der Waals surface area contributed by atoms with Crippen LogP contribution in [0.3, 0.4) is 0 Å². The molecule has 5 nitrogen and oxygen atoms in total. The summed E-state index contributed by atoms with van der Waals surface area (Å²) >= 11 is 6.70. The molecule has 0 saturated carbocycles. The van der Waals surface area contributed by atoms with Gasteiger partial charge in [0.2, 0.25) is 0 Å². The quantitative estimate of drug-likeness (QED) is 0.492. The van der Waals surface area contributed by atoms with Gasteiger partial charge in [0.15, 0.2) is 0 Å². The van der Waals surface area contributed by atoms with Gasteiger partial charge >= 0.3 is 0 Å². The molecule has 0 unspecified atom stereocenters. The van der Waals surface area contributed by atoms with E-state index in [4.69, 9.17) is 21.6 Å². The summed E-state index contributed by atoms with van der Waals surface area (Å²) in [6.07, 6.45) is 5.96.